The van der Waals surface area contributed by atoms with E-state index in [1.807, 2.05) is 21.0 Å². The Kier molecular flexibility index (Phi) is 3.79. The molecule has 1 fully saturated rings. The van der Waals surface area contributed by atoms with Crippen molar-refractivity contribution in [2.75, 3.05) is 7.05 Å². The van der Waals surface area contributed by atoms with Gasteiger partial charge < -0.3 is 5.32 Å². The summed E-state index contributed by atoms with van der Waals surface area (Å²) < 4.78 is 1.76. The zero-order valence-corrected chi connectivity index (χ0v) is 11.9. The van der Waals surface area contributed by atoms with Crippen molar-refractivity contribution < 1.29 is 0 Å². The fourth-order valence-electron chi connectivity index (χ4n) is 2.63. The first kappa shape index (κ1) is 12.9. The average Bonchev–Trinajstić information content (AvgIpc) is 3.09. The molecule has 1 aromatic rings. The van der Waals surface area contributed by atoms with Crippen LogP contribution in [0.15, 0.2) is 0 Å². The maximum atomic E-state index is 6.29. The third-order valence-electron chi connectivity index (χ3n) is 4.06. The van der Waals surface area contributed by atoms with Crippen molar-refractivity contribution in [3.05, 3.63) is 16.4 Å². The minimum atomic E-state index is 0.503. The minimum Gasteiger partial charge on any atom is -0.316 e. The zero-order valence-electron chi connectivity index (χ0n) is 11.1. The van der Waals surface area contributed by atoms with E-state index in [1.54, 1.807) is 4.68 Å². The van der Waals surface area contributed by atoms with Crippen LogP contribution in [0.2, 0.25) is 5.15 Å². The number of aryl methyl sites for hydroxylation is 2. The van der Waals surface area contributed by atoms with E-state index in [0.717, 1.165) is 29.1 Å². The van der Waals surface area contributed by atoms with Crippen LogP contribution in [0.3, 0.4) is 0 Å². The summed E-state index contributed by atoms with van der Waals surface area (Å²) in [5.74, 6) is 1.62. The van der Waals surface area contributed by atoms with Gasteiger partial charge in [0.15, 0.2) is 0 Å². The quantitative estimate of drug-likeness (QED) is 0.877. The van der Waals surface area contributed by atoms with Gasteiger partial charge in [0.25, 0.3) is 0 Å². The zero-order chi connectivity index (χ0) is 12.6. The van der Waals surface area contributed by atoms with Crippen molar-refractivity contribution in [3.8, 4) is 0 Å². The summed E-state index contributed by atoms with van der Waals surface area (Å²) in [6.45, 7) is 4.38. The molecule has 2 atom stereocenters. The predicted molar refractivity (Wildman–Crippen MR) is 71.4 cm³/mol. The van der Waals surface area contributed by atoms with Gasteiger partial charge in [0.05, 0.1) is 5.69 Å². The number of likely N-dealkylation sites (N-methyl/N-ethyl adjacent to an activating group) is 1. The van der Waals surface area contributed by atoms with Crippen molar-refractivity contribution >= 4 is 11.6 Å². The molecule has 96 valence electrons. The van der Waals surface area contributed by atoms with Crippen molar-refractivity contribution in [1.29, 1.82) is 0 Å². The van der Waals surface area contributed by atoms with Crippen LogP contribution in [-0.2, 0) is 13.5 Å². The monoisotopic (exact) mass is 255 g/mol. The maximum absolute atomic E-state index is 6.29. The molecule has 1 aliphatic rings. The summed E-state index contributed by atoms with van der Waals surface area (Å²) in [6.07, 6.45) is 3.75. The van der Waals surface area contributed by atoms with Gasteiger partial charge in [0, 0.05) is 18.7 Å². The SMILES string of the molecule is CNC(Cc1c(C)nn(C)c1Cl)C(C)C1CC1. The van der Waals surface area contributed by atoms with Crippen LogP contribution in [-0.4, -0.2) is 22.9 Å². The molecular weight excluding hydrogens is 234 g/mol. The van der Waals surface area contributed by atoms with Crippen LogP contribution in [0.25, 0.3) is 0 Å². The lowest BCUT2D eigenvalue weighted by Gasteiger charge is -2.23. The molecule has 3 nitrogen and oxygen atoms in total. The largest absolute Gasteiger partial charge is 0.316 e. The molecule has 1 aromatic heterocycles. The van der Waals surface area contributed by atoms with Crippen molar-refractivity contribution in [2.45, 2.75) is 39.2 Å². The number of rotatable bonds is 5. The molecule has 1 heterocycles. The van der Waals surface area contributed by atoms with Crippen LogP contribution in [0.5, 0.6) is 0 Å². The van der Waals surface area contributed by atoms with Crippen molar-refractivity contribution in [2.24, 2.45) is 18.9 Å². The number of nitrogens with one attached hydrogen (secondary N) is 1. The Morgan fingerprint density at radius 3 is 2.59 bits per heavy atom. The molecule has 0 saturated heterocycles. The normalized spacial score (nSPS) is 19.4. The van der Waals surface area contributed by atoms with Gasteiger partial charge in [-0.25, -0.2) is 0 Å². The molecule has 2 rings (SSSR count). The predicted octanol–water partition coefficient (Wildman–Crippen LogP) is 2.56. The molecule has 4 heteroatoms. The van der Waals surface area contributed by atoms with Crippen LogP contribution in [0, 0.1) is 18.8 Å². The van der Waals surface area contributed by atoms with E-state index in [2.05, 4.69) is 17.3 Å². The van der Waals surface area contributed by atoms with Crippen LogP contribution in [0.1, 0.15) is 31.0 Å². The fraction of sp³-hybridized carbons (Fsp3) is 0.769. The van der Waals surface area contributed by atoms with Gasteiger partial charge in [-0.15, -0.1) is 0 Å². The lowest BCUT2D eigenvalue weighted by molar-refractivity contribution is 0.357. The summed E-state index contributed by atoms with van der Waals surface area (Å²) >= 11 is 6.29. The first-order chi connectivity index (χ1) is 8.04. The Bertz CT molecular complexity index is 396. The Morgan fingerprint density at radius 2 is 2.18 bits per heavy atom. The summed E-state index contributed by atoms with van der Waals surface area (Å²) in [5, 5.41) is 8.60. The molecule has 2 unspecified atom stereocenters. The highest BCUT2D eigenvalue weighted by atomic mass is 35.5. The highest BCUT2D eigenvalue weighted by Crippen LogP contribution is 2.39. The Labute approximate surface area is 109 Å². The van der Waals surface area contributed by atoms with Gasteiger partial charge >= 0.3 is 0 Å². The maximum Gasteiger partial charge on any atom is 0.130 e. The first-order valence-electron chi connectivity index (χ1n) is 6.39. The van der Waals surface area contributed by atoms with Gasteiger partial charge in [-0.3, -0.25) is 4.68 Å². The van der Waals surface area contributed by atoms with Crippen molar-refractivity contribution in [3.63, 3.8) is 0 Å². The Morgan fingerprint density at radius 1 is 1.53 bits per heavy atom. The third-order valence-corrected chi connectivity index (χ3v) is 4.54. The lowest BCUT2D eigenvalue weighted by Crippen LogP contribution is -2.35. The van der Waals surface area contributed by atoms with E-state index < -0.39 is 0 Å². The smallest absolute Gasteiger partial charge is 0.130 e. The first-order valence-corrected chi connectivity index (χ1v) is 6.77. The molecular formula is C13H22ClN3. The van der Waals surface area contributed by atoms with E-state index in [0.29, 0.717) is 6.04 Å². The average molecular weight is 256 g/mol. The minimum absolute atomic E-state index is 0.503. The van der Waals surface area contributed by atoms with Gasteiger partial charge in [-0.05, 0) is 45.1 Å². The third kappa shape index (κ3) is 2.66. The van der Waals surface area contributed by atoms with Gasteiger partial charge in [-0.1, -0.05) is 18.5 Å². The Hall–Kier alpha value is -0.540. The topological polar surface area (TPSA) is 29.9 Å². The number of aromatic nitrogens is 2. The summed E-state index contributed by atoms with van der Waals surface area (Å²) in [5.41, 5.74) is 2.25. The summed E-state index contributed by atoms with van der Waals surface area (Å²) in [7, 11) is 3.95. The lowest BCUT2D eigenvalue weighted by atomic mass is 9.91. The van der Waals surface area contributed by atoms with E-state index in [-0.39, 0.29) is 0 Å². The molecule has 0 aliphatic heterocycles. The number of nitrogens with zero attached hydrogens (tertiary/aromatic N) is 2. The molecule has 0 spiro atoms. The Balaban J connectivity index is 2.11. The van der Waals surface area contributed by atoms with E-state index in [9.17, 15) is 0 Å². The van der Waals surface area contributed by atoms with Gasteiger partial charge in [0.2, 0.25) is 0 Å². The second-order valence-corrected chi connectivity index (χ2v) is 5.63. The van der Waals surface area contributed by atoms with E-state index in [4.69, 9.17) is 11.6 Å². The van der Waals surface area contributed by atoms with E-state index >= 15 is 0 Å². The summed E-state index contributed by atoms with van der Waals surface area (Å²) in [4.78, 5) is 0. The molecule has 0 radical (unpaired) electrons. The molecule has 1 aliphatic carbocycles. The van der Waals surface area contributed by atoms with E-state index in [1.165, 1.54) is 18.4 Å². The molecule has 0 amide bonds. The molecule has 1 N–H and O–H groups in total. The van der Waals surface area contributed by atoms with Crippen molar-refractivity contribution in [1.82, 2.24) is 15.1 Å². The van der Waals surface area contributed by atoms with Gasteiger partial charge in [-0.2, -0.15) is 5.10 Å². The van der Waals surface area contributed by atoms with Crippen LogP contribution in [0.4, 0.5) is 0 Å². The van der Waals surface area contributed by atoms with Gasteiger partial charge in [0.1, 0.15) is 5.15 Å². The standard InChI is InChI=1S/C13H22ClN3/c1-8(10-5-6-10)12(15-3)7-11-9(2)16-17(4)13(11)14/h8,10,12,15H,5-7H2,1-4H3. The van der Waals surface area contributed by atoms with Crippen LogP contribution < -0.4 is 5.32 Å². The molecule has 0 aromatic carbocycles. The highest BCUT2D eigenvalue weighted by Gasteiger charge is 2.33. The molecule has 17 heavy (non-hydrogen) atoms. The second-order valence-electron chi connectivity index (χ2n) is 5.27. The molecule has 0 bridgehead atoms. The number of halogens is 1. The summed E-state index contributed by atoms with van der Waals surface area (Å²) in [6, 6.07) is 0.503. The number of hydrogen-bond donors (Lipinski definition) is 1. The number of hydrogen-bond acceptors (Lipinski definition) is 2. The second kappa shape index (κ2) is 4.99. The fourth-order valence-corrected chi connectivity index (χ4v) is 2.88. The molecule has 1 saturated carbocycles. The highest BCUT2D eigenvalue weighted by molar-refractivity contribution is 6.30. The van der Waals surface area contributed by atoms with Crippen LogP contribution >= 0.6 is 11.6 Å².